The van der Waals surface area contributed by atoms with Crippen LogP contribution in [0, 0.1) is 6.92 Å². The molecule has 0 unspecified atom stereocenters. The van der Waals surface area contributed by atoms with Gasteiger partial charge in [0.25, 0.3) is 23.8 Å². The first-order chi connectivity index (χ1) is 68.9. The molecule has 30 heteroatoms. The Hall–Kier alpha value is -19.3. The fraction of sp³-hybridized carbons (Fsp3) is 0.0642. The van der Waals surface area contributed by atoms with Crippen LogP contribution in [-0.2, 0) is 0 Å². The van der Waals surface area contributed by atoms with E-state index in [0.29, 0.717) is 76.4 Å². The van der Waals surface area contributed by atoms with E-state index in [9.17, 15) is 0 Å². The topological polar surface area (TPSA) is 299 Å². The second-order valence-corrected chi connectivity index (χ2v) is 32.4. The van der Waals surface area contributed by atoms with Crippen LogP contribution in [0.4, 0.5) is 0 Å². The average molecular weight is 1820 g/mol. The number of nitrogens with zero attached hydrogens (tertiary/aromatic N) is 23. The first kappa shape index (κ1) is 80.6. The van der Waals surface area contributed by atoms with Crippen molar-refractivity contribution in [1.82, 2.24) is 110 Å². The molecule has 18 aromatic heterocycles. The minimum atomic E-state index is 0.322. The summed E-state index contributed by atoms with van der Waals surface area (Å²) in [6.45, 7) is 13.8. The van der Waals surface area contributed by atoms with Gasteiger partial charge in [-0.2, -0.15) is 19.9 Å². The standard InChI is InChI=1S/C30H16N4O3.C29H16N6O2.C28H16N8O.C16H11N5O.3C2H6/c1-5-13-21-17(9-1)25-19-11-3-7-15-23(19)35-27(25)33(21)29-31-30(37-32-29)34-22-14-6-2-10-18(22)26-20-12-4-8-16-24(20)36-28(26)34;1-4-12-20-17(9-1)25-18-10-2-8-16-24(18)36-26(25)34(20)27-31-29(37-32-27)35-23-15-7-6-14-22(23)33-21-13-5-3-11-19(21)30-28(33)35;1-3-11-19-17(9-1)29-26-33(19)21-13-5-7-15-23(21)35(26)25-31-28(37-32-25)36-24-16-8-6-14-22(24)34-20-12-4-2-10-18(20)30-27(34)36;1-10-17-15(19-22-10)21-14-9-5-4-8-13(14)20-12-7-3-2-6-11(12)18-16(20)21;3*1-2/h3*1-16H;2-9H,1H3;3*1-2H3. The van der Waals surface area contributed by atoms with Gasteiger partial charge in [0.1, 0.15) is 16.7 Å². The summed E-state index contributed by atoms with van der Waals surface area (Å²) in [6.07, 6.45) is 0. The van der Waals surface area contributed by atoms with Crippen molar-refractivity contribution in [2.24, 2.45) is 0 Å². The Kier molecular flexibility index (Phi) is 18.6. The number of furan rings is 3. The molecule has 0 fully saturated rings. The molecule has 0 bridgehead atoms. The molecular formula is C109H77N23O7. The van der Waals surface area contributed by atoms with Gasteiger partial charge in [-0.15, -0.1) is 0 Å². The summed E-state index contributed by atoms with van der Waals surface area (Å²) < 4.78 is 63.7. The minimum Gasteiger partial charge on any atom is -0.439 e. The lowest BCUT2D eigenvalue weighted by Gasteiger charge is -2.00. The Morgan fingerprint density at radius 1 is 0.187 bits per heavy atom. The van der Waals surface area contributed by atoms with Crippen molar-refractivity contribution in [3.8, 4) is 41.8 Å². The van der Waals surface area contributed by atoms with Crippen LogP contribution in [0.2, 0.25) is 0 Å². The molecule has 0 N–H and O–H groups in total. The lowest BCUT2D eigenvalue weighted by Crippen LogP contribution is -1.99. The van der Waals surface area contributed by atoms with Crippen LogP contribution >= 0.6 is 0 Å². The fourth-order valence-electron chi connectivity index (χ4n) is 19.6. The lowest BCUT2D eigenvalue weighted by atomic mass is 10.1. The Morgan fingerprint density at radius 3 is 0.727 bits per heavy atom. The molecular weight excluding hydrogens is 1740 g/mol. The highest BCUT2D eigenvalue weighted by Crippen LogP contribution is 2.44. The summed E-state index contributed by atoms with van der Waals surface area (Å²) in [5.41, 5.74) is 23.0. The van der Waals surface area contributed by atoms with Gasteiger partial charge in [-0.25, -0.2) is 51.9 Å². The van der Waals surface area contributed by atoms with Crippen LogP contribution in [0.25, 0.3) is 252 Å². The zero-order valence-corrected chi connectivity index (χ0v) is 75.5. The predicted molar refractivity (Wildman–Crippen MR) is 541 cm³/mol. The molecule has 0 radical (unpaired) electrons. The van der Waals surface area contributed by atoms with Crippen molar-refractivity contribution in [2.45, 2.75) is 48.5 Å². The Morgan fingerprint density at radius 2 is 0.410 bits per heavy atom. The molecule has 0 spiro atoms. The van der Waals surface area contributed by atoms with Crippen LogP contribution in [0.1, 0.15) is 47.4 Å². The highest BCUT2D eigenvalue weighted by molar-refractivity contribution is 6.22. The van der Waals surface area contributed by atoms with Gasteiger partial charge in [-0.1, -0.05) is 248 Å². The minimum absolute atomic E-state index is 0.322. The van der Waals surface area contributed by atoms with Crippen molar-refractivity contribution in [3.05, 3.63) is 346 Å². The molecule has 0 aliphatic carbocycles. The van der Waals surface area contributed by atoms with Crippen LogP contribution in [0.5, 0.6) is 0 Å². The van der Waals surface area contributed by atoms with Crippen molar-refractivity contribution < 1.29 is 31.3 Å². The fourth-order valence-corrected chi connectivity index (χ4v) is 19.6. The van der Waals surface area contributed by atoms with E-state index in [4.69, 9.17) is 66.2 Å². The first-order valence-electron chi connectivity index (χ1n) is 46.0. The van der Waals surface area contributed by atoms with E-state index in [1.165, 1.54) is 0 Å². The van der Waals surface area contributed by atoms with Gasteiger partial charge in [0.15, 0.2) is 0 Å². The third-order valence-electron chi connectivity index (χ3n) is 25.1. The molecule has 0 saturated heterocycles. The van der Waals surface area contributed by atoms with Gasteiger partial charge < -0.3 is 31.3 Å². The van der Waals surface area contributed by atoms with Gasteiger partial charge in [-0.05, 0) is 154 Å². The van der Waals surface area contributed by atoms with E-state index < -0.39 is 0 Å². The highest BCUT2D eigenvalue weighted by Gasteiger charge is 2.31. The van der Waals surface area contributed by atoms with Crippen molar-refractivity contribution in [1.29, 1.82) is 0 Å². The van der Waals surface area contributed by atoms with Crippen molar-refractivity contribution in [2.75, 3.05) is 0 Å². The molecule has 18 heterocycles. The largest absolute Gasteiger partial charge is 0.439 e. The maximum Gasteiger partial charge on any atom is 0.337 e. The highest BCUT2D eigenvalue weighted by atomic mass is 16.5. The average Bonchev–Trinajstić information content (AvgIpc) is 1.56. The second-order valence-electron chi connectivity index (χ2n) is 32.4. The molecule has 0 saturated carbocycles. The number of aromatic nitrogens is 23. The Bertz CT molecular complexity index is 9170. The van der Waals surface area contributed by atoms with Crippen molar-refractivity contribution in [3.63, 3.8) is 0 Å². The zero-order chi connectivity index (χ0) is 92.9. The van der Waals surface area contributed by atoms with Gasteiger partial charge in [0, 0.05) is 39.2 Å². The summed E-state index contributed by atoms with van der Waals surface area (Å²) in [5.74, 6) is 5.15. The Balaban J connectivity index is 0.0000000952. The van der Waals surface area contributed by atoms with E-state index in [2.05, 4.69) is 128 Å². The molecule has 32 rings (SSSR count). The molecule has 0 aliphatic rings. The van der Waals surface area contributed by atoms with Crippen LogP contribution in [0.3, 0.4) is 0 Å². The lowest BCUT2D eigenvalue weighted by molar-refractivity contribution is 0.391. The molecule has 0 atom stereocenters. The summed E-state index contributed by atoms with van der Waals surface area (Å²) in [6, 6.07) is 114. The van der Waals surface area contributed by atoms with Crippen molar-refractivity contribution >= 4 is 210 Å². The summed E-state index contributed by atoms with van der Waals surface area (Å²) >= 11 is 0. The van der Waals surface area contributed by atoms with Gasteiger partial charge in [0.05, 0.1) is 121 Å². The Labute approximate surface area is 783 Å². The summed E-state index contributed by atoms with van der Waals surface area (Å²) in [5, 5.41) is 26.7. The van der Waals surface area contributed by atoms with E-state index in [0.717, 1.165) is 182 Å². The first-order valence-corrected chi connectivity index (χ1v) is 46.0. The predicted octanol–water partition coefficient (Wildman–Crippen LogP) is 26.2. The van der Waals surface area contributed by atoms with E-state index in [-0.39, 0.29) is 0 Å². The quantitative estimate of drug-likeness (QED) is 0.143. The van der Waals surface area contributed by atoms with E-state index in [1.807, 2.05) is 328 Å². The van der Waals surface area contributed by atoms with Gasteiger partial charge in [0.2, 0.25) is 46.1 Å². The number of hydrogen-bond acceptors (Lipinski definition) is 19. The van der Waals surface area contributed by atoms with Crippen LogP contribution < -0.4 is 0 Å². The summed E-state index contributed by atoms with van der Waals surface area (Å²) in [7, 11) is 0. The number of rotatable bonds is 7. The zero-order valence-electron chi connectivity index (χ0n) is 75.5. The van der Waals surface area contributed by atoms with Crippen LogP contribution in [0.15, 0.2) is 371 Å². The van der Waals surface area contributed by atoms with Gasteiger partial charge >= 0.3 is 18.0 Å². The SMILES string of the molecule is CC.CC.CC.Cc1nc(-n2c3ccccc3n3c4ccccc4nc23)no1.c1ccc2c(c1)nc1n(-c3nc(-n4c5ccccc5c5c6ccccc6oc54)no3)c3ccccc3n21.c1ccc2c(c1)nc1n(-c3noc(-n4c5ccccc5n5c6ccccc6nc45)n3)c3ccccc3n21.c1ccc2c(c1)oc1c2c2ccccc2n1-c1noc(-n2c3ccccc3c3c4ccccc4oc32)n1. The number of fused-ring (bicyclic) bond motifs is 35. The number of hydrogen-bond donors (Lipinski definition) is 0. The normalized spacial score (nSPS) is 11.8. The molecule has 0 aliphatic heterocycles. The number of benzene rings is 14. The summed E-state index contributed by atoms with van der Waals surface area (Å²) in [4.78, 5) is 38.4. The third kappa shape index (κ3) is 12.0. The number of imidazole rings is 8. The number of para-hydroxylation sites is 22. The molecule has 670 valence electrons. The maximum absolute atomic E-state index is 6.32. The molecule has 0 amide bonds. The van der Waals surface area contributed by atoms with E-state index >= 15 is 0 Å². The molecule has 30 nitrogen and oxygen atoms in total. The van der Waals surface area contributed by atoms with E-state index in [1.54, 1.807) is 6.92 Å². The number of aryl methyl sites for hydroxylation is 1. The molecule has 139 heavy (non-hydrogen) atoms. The van der Waals surface area contributed by atoms with Gasteiger partial charge in [-0.3, -0.25) is 17.6 Å². The molecule has 14 aromatic carbocycles. The second kappa shape index (κ2) is 32.0. The molecule has 32 aromatic rings. The third-order valence-corrected chi connectivity index (χ3v) is 25.1. The van der Waals surface area contributed by atoms with Crippen LogP contribution in [-0.4, -0.2) is 110 Å². The smallest absolute Gasteiger partial charge is 0.337 e. The monoisotopic (exact) mass is 1820 g/mol. The maximum atomic E-state index is 6.32.